The lowest BCUT2D eigenvalue weighted by molar-refractivity contribution is 0.0685. The average molecular weight is 291 g/mol. The lowest BCUT2D eigenvalue weighted by atomic mass is 10.2. The molecule has 0 fully saturated rings. The predicted octanol–water partition coefficient (Wildman–Crippen LogP) is 3.50. The van der Waals surface area contributed by atoms with E-state index in [1.807, 2.05) is 42.6 Å². The van der Waals surface area contributed by atoms with Crippen LogP contribution in [-0.2, 0) is 0 Å². The number of carbonyl (C=O) groups is 1. The summed E-state index contributed by atoms with van der Waals surface area (Å²) >= 11 is 0. The fourth-order valence-corrected chi connectivity index (χ4v) is 2.07. The number of para-hydroxylation sites is 3. The van der Waals surface area contributed by atoms with Crippen LogP contribution in [0.5, 0.6) is 0 Å². The van der Waals surface area contributed by atoms with E-state index in [1.54, 1.807) is 12.1 Å². The average Bonchev–Trinajstić information content (AvgIpc) is 3.00. The molecule has 0 aliphatic carbocycles. The van der Waals surface area contributed by atoms with E-state index in [4.69, 9.17) is 5.11 Å². The third-order valence-electron chi connectivity index (χ3n) is 3.10. The first-order valence-corrected chi connectivity index (χ1v) is 6.72. The van der Waals surface area contributed by atoms with Crippen LogP contribution in [0.3, 0.4) is 0 Å². The van der Waals surface area contributed by atoms with Gasteiger partial charge < -0.3 is 10.1 Å². The molecule has 4 aromatic rings. The van der Waals surface area contributed by atoms with Crippen molar-refractivity contribution in [3.63, 3.8) is 0 Å². The van der Waals surface area contributed by atoms with Gasteiger partial charge in [0.15, 0.2) is 0 Å². The first kappa shape index (κ1) is 13.8. The Morgan fingerprint density at radius 2 is 1.59 bits per heavy atom. The van der Waals surface area contributed by atoms with E-state index < -0.39 is 5.97 Å². The topological polar surface area (TPSA) is 78.9 Å². The molecule has 2 aromatic carbocycles. The number of fused-ring (bicyclic) bond motifs is 2. The third kappa shape index (κ3) is 2.93. The van der Waals surface area contributed by atoms with Crippen molar-refractivity contribution in [3.8, 4) is 0 Å². The van der Waals surface area contributed by atoms with E-state index in [-0.39, 0.29) is 5.82 Å². The number of carboxylic acid groups (broad SMARTS) is 1. The molecule has 4 rings (SSSR count). The van der Waals surface area contributed by atoms with Gasteiger partial charge in [0.05, 0.1) is 16.6 Å². The summed E-state index contributed by atoms with van der Waals surface area (Å²) in [5.74, 6) is -1.05. The van der Waals surface area contributed by atoms with Crippen LogP contribution in [-0.4, -0.2) is 26.0 Å². The summed E-state index contributed by atoms with van der Waals surface area (Å²) in [7, 11) is 0. The van der Waals surface area contributed by atoms with Crippen molar-refractivity contribution < 1.29 is 9.90 Å². The van der Waals surface area contributed by atoms with Crippen molar-refractivity contribution in [2.45, 2.75) is 0 Å². The van der Waals surface area contributed by atoms with Gasteiger partial charge in [0, 0.05) is 11.6 Å². The second-order valence-electron chi connectivity index (χ2n) is 4.60. The molecule has 0 atom stereocenters. The Hall–Kier alpha value is -3.21. The van der Waals surface area contributed by atoms with Gasteiger partial charge in [-0.3, -0.25) is 4.98 Å². The molecule has 0 spiro atoms. The van der Waals surface area contributed by atoms with Crippen LogP contribution in [0.15, 0.2) is 66.9 Å². The summed E-state index contributed by atoms with van der Waals surface area (Å²) in [5.41, 5.74) is 2.48. The highest BCUT2D eigenvalue weighted by molar-refractivity contribution is 5.88. The molecule has 0 bridgehead atoms. The van der Waals surface area contributed by atoms with Gasteiger partial charge in [-0.05, 0) is 24.3 Å². The van der Waals surface area contributed by atoms with Crippen molar-refractivity contribution >= 4 is 27.9 Å². The maximum Gasteiger partial charge on any atom is 0.371 e. The van der Waals surface area contributed by atoms with Crippen LogP contribution in [0.4, 0.5) is 0 Å². The quantitative estimate of drug-likeness (QED) is 0.562. The molecule has 0 unspecified atom stereocenters. The van der Waals surface area contributed by atoms with Crippen LogP contribution in [0.25, 0.3) is 21.9 Å². The summed E-state index contributed by atoms with van der Waals surface area (Å²) in [6, 6.07) is 19.3. The summed E-state index contributed by atoms with van der Waals surface area (Å²) in [4.78, 5) is 21.2. The lowest BCUT2D eigenvalue weighted by Gasteiger charge is -1.91. The van der Waals surface area contributed by atoms with E-state index in [9.17, 15) is 4.79 Å². The third-order valence-corrected chi connectivity index (χ3v) is 3.10. The summed E-state index contributed by atoms with van der Waals surface area (Å²) < 4.78 is 0. The smallest absolute Gasteiger partial charge is 0.371 e. The molecular formula is C17H13N3O2. The van der Waals surface area contributed by atoms with Crippen molar-refractivity contribution in [2.75, 3.05) is 0 Å². The summed E-state index contributed by atoms with van der Waals surface area (Å²) in [6.45, 7) is 0. The zero-order valence-corrected chi connectivity index (χ0v) is 11.6. The number of rotatable bonds is 1. The molecule has 2 heterocycles. The number of nitrogens with one attached hydrogen (secondary N) is 1. The fourth-order valence-electron chi connectivity index (χ4n) is 2.07. The number of aromatic nitrogens is 3. The van der Waals surface area contributed by atoms with Crippen molar-refractivity contribution in [1.29, 1.82) is 0 Å². The number of aromatic amines is 1. The highest BCUT2D eigenvalue weighted by Crippen LogP contribution is 2.09. The van der Waals surface area contributed by atoms with Gasteiger partial charge in [-0.2, -0.15) is 0 Å². The first-order chi connectivity index (χ1) is 10.7. The number of imidazole rings is 1. The molecule has 0 radical (unpaired) electrons. The SMILES string of the molecule is O=C(O)c1nc2ccccc2[nH]1.c1ccc2ncccc2c1. The van der Waals surface area contributed by atoms with Crippen LogP contribution >= 0.6 is 0 Å². The number of aromatic carboxylic acids is 1. The van der Waals surface area contributed by atoms with Crippen LogP contribution in [0.1, 0.15) is 10.6 Å². The summed E-state index contributed by atoms with van der Waals surface area (Å²) in [6.07, 6.45) is 1.81. The molecule has 5 nitrogen and oxygen atoms in total. The van der Waals surface area contributed by atoms with Crippen LogP contribution < -0.4 is 0 Å². The molecule has 0 saturated carbocycles. The molecule has 22 heavy (non-hydrogen) atoms. The van der Waals surface area contributed by atoms with E-state index in [2.05, 4.69) is 27.1 Å². The molecule has 0 amide bonds. The van der Waals surface area contributed by atoms with Gasteiger partial charge >= 0.3 is 5.97 Å². The van der Waals surface area contributed by atoms with Crippen LogP contribution in [0, 0.1) is 0 Å². The molecule has 5 heteroatoms. The molecule has 108 valence electrons. The molecule has 2 aromatic heterocycles. The van der Waals surface area contributed by atoms with Crippen molar-refractivity contribution in [2.24, 2.45) is 0 Å². The normalized spacial score (nSPS) is 10.2. The number of benzene rings is 2. The standard InChI is InChI=1S/C9H7N.C8H6N2O2/c1-2-6-9-8(4-1)5-3-7-10-9;11-8(12)7-9-5-3-1-2-4-6(5)10-7/h1-7H;1-4H,(H,9,10)(H,11,12). The second kappa shape index (κ2) is 6.05. The van der Waals surface area contributed by atoms with Gasteiger partial charge in [0.25, 0.3) is 0 Å². The second-order valence-corrected chi connectivity index (χ2v) is 4.60. The number of pyridine rings is 1. The maximum absolute atomic E-state index is 10.5. The minimum absolute atomic E-state index is 0.0174. The highest BCUT2D eigenvalue weighted by atomic mass is 16.4. The Morgan fingerprint density at radius 1 is 0.909 bits per heavy atom. The number of carboxylic acids is 1. The Morgan fingerprint density at radius 3 is 2.32 bits per heavy atom. The minimum Gasteiger partial charge on any atom is -0.475 e. The van der Waals surface area contributed by atoms with Gasteiger partial charge in [-0.25, -0.2) is 9.78 Å². The van der Waals surface area contributed by atoms with E-state index in [1.165, 1.54) is 5.39 Å². The van der Waals surface area contributed by atoms with Gasteiger partial charge in [-0.15, -0.1) is 0 Å². The monoisotopic (exact) mass is 291 g/mol. The van der Waals surface area contributed by atoms with E-state index in [0.717, 1.165) is 11.0 Å². The fraction of sp³-hybridized carbons (Fsp3) is 0. The molecule has 2 N–H and O–H groups in total. The number of hydrogen-bond donors (Lipinski definition) is 2. The molecule has 0 saturated heterocycles. The van der Waals surface area contributed by atoms with Gasteiger partial charge in [-0.1, -0.05) is 36.4 Å². The number of nitrogens with zero attached hydrogens (tertiary/aromatic N) is 2. The van der Waals surface area contributed by atoms with E-state index >= 15 is 0 Å². The zero-order valence-electron chi connectivity index (χ0n) is 11.6. The lowest BCUT2D eigenvalue weighted by Crippen LogP contribution is -1.97. The molecule has 0 aliphatic heterocycles. The van der Waals surface area contributed by atoms with E-state index in [0.29, 0.717) is 5.52 Å². The Bertz CT molecular complexity index is 833. The Kier molecular flexibility index (Phi) is 3.78. The highest BCUT2D eigenvalue weighted by Gasteiger charge is 2.07. The van der Waals surface area contributed by atoms with Crippen molar-refractivity contribution in [3.05, 3.63) is 72.7 Å². The van der Waals surface area contributed by atoms with Crippen molar-refractivity contribution in [1.82, 2.24) is 15.0 Å². The maximum atomic E-state index is 10.5. The van der Waals surface area contributed by atoms with Gasteiger partial charge in [0.1, 0.15) is 0 Å². The first-order valence-electron chi connectivity index (χ1n) is 6.72. The summed E-state index contributed by atoms with van der Waals surface area (Å²) in [5, 5.41) is 9.79. The zero-order chi connectivity index (χ0) is 15.4. The number of hydrogen-bond acceptors (Lipinski definition) is 3. The predicted molar refractivity (Wildman–Crippen MR) is 84.8 cm³/mol. The molecule has 0 aliphatic rings. The Balaban J connectivity index is 0.000000133. The largest absolute Gasteiger partial charge is 0.475 e. The molecular weight excluding hydrogens is 278 g/mol. The van der Waals surface area contributed by atoms with Gasteiger partial charge in [0.2, 0.25) is 5.82 Å². The van der Waals surface area contributed by atoms with Crippen LogP contribution in [0.2, 0.25) is 0 Å². The minimum atomic E-state index is -1.04. The number of H-pyrrole nitrogens is 1. The Labute approximate surface area is 126 Å².